The number of rotatable bonds is 3. The van der Waals surface area contributed by atoms with E-state index in [0.29, 0.717) is 6.54 Å². The third-order valence-corrected chi connectivity index (χ3v) is 4.30. The summed E-state index contributed by atoms with van der Waals surface area (Å²) >= 11 is 5.32. The molecule has 0 atom stereocenters. The number of halogens is 1. The summed E-state index contributed by atoms with van der Waals surface area (Å²) in [6.07, 6.45) is 1.77. The van der Waals surface area contributed by atoms with Crippen LogP contribution in [-0.4, -0.2) is 10.9 Å². The predicted molar refractivity (Wildman–Crippen MR) is 70.3 cm³/mol. The van der Waals surface area contributed by atoms with Crippen LogP contribution in [0.2, 0.25) is 0 Å². The van der Waals surface area contributed by atoms with Crippen LogP contribution < -0.4 is 5.32 Å². The van der Waals surface area contributed by atoms with E-state index in [0.717, 1.165) is 13.3 Å². The second-order valence-corrected chi connectivity index (χ2v) is 6.57. The second-order valence-electron chi connectivity index (χ2n) is 2.79. The Morgan fingerprint density at radius 2 is 2.40 bits per heavy atom. The molecule has 0 spiro atoms. The van der Waals surface area contributed by atoms with E-state index in [9.17, 15) is 4.79 Å². The van der Waals surface area contributed by atoms with E-state index in [2.05, 4.69) is 32.9 Å². The lowest BCUT2D eigenvalue weighted by molar-refractivity contribution is 0.0951. The Morgan fingerprint density at radius 1 is 1.53 bits per heavy atom. The Morgan fingerprint density at radius 3 is 3.00 bits per heavy atom. The van der Waals surface area contributed by atoms with Crippen molar-refractivity contribution in [3.05, 3.63) is 36.5 Å². The van der Waals surface area contributed by atoms with Gasteiger partial charge in [0, 0.05) is 16.5 Å². The zero-order valence-corrected chi connectivity index (χ0v) is 11.4. The SMILES string of the molecule is O=C(NCc1cncs1)c1csc(I)c1. The number of hydrogen-bond donors (Lipinski definition) is 1. The molecule has 0 saturated heterocycles. The number of thiophene rings is 1. The van der Waals surface area contributed by atoms with Crippen molar-refractivity contribution in [3.8, 4) is 0 Å². The van der Waals surface area contributed by atoms with Crippen molar-refractivity contribution in [1.82, 2.24) is 10.3 Å². The average Bonchev–Trinajstić information content (AvgIpc) is 2.84. The summed E-state index contributed by atoms with van der Waals surface area (Å²) in [5, 5.41) is 4.71. The number of carbonyl (C=O) groups excluding carboxylic acids is 1. The quantitative estimate of drug-likeness (QED) is 0.865. The maximum atomic E-state index is 11.6. The minimum Gasteiger partial charge on any atom is -0.347 e. The van der Waals surface area contributed by atoms with Crippen LogP contribution in [0.3, 0.4) is 0 Å². The molecule has 2 rings (SSSR count). The molecule has 78 valence electrons. The van der Waals surface area contributed by atoms with E-state index in [4.69, 9.17) is 0 Å². The van der Waals surface area contributed by atoms with E-state index in [1.54, 1.807) is 34.4 Å². The zero-order valence-electron chi connectivity index (χ0n) is 7.57. The molecular formula is C9H7IN2OS2. The van der Waals surface area contributed by atoms with Crippen molar-refractivity contribution in [2.24, 2.45) is 0 Å². The predicted octanol–water partition coefficient (Wildman–Crippen LogP) is 2.74. The van der Waals surface area contributed by atoms with Gasteiger partial charge in [0.2, 0.25) is 0 Å². The molecular weight excluding hydrogens is 343 g/mol. The summed E-state index contributed by atoms with van der Waals surface area (Å²) in [6, 6.07) is 1.88. The minimum atomic E-state index is -0.0254. The monoisotopic (exact) mass is 350 g/mol. The number of carbonyl (C=O) groups is 1. The van der Waals surface area contributed by atoms with Gasteiger partial charge in [-0.1, -0.05) is 0 Å². The minimum absolute atomic E-state index is 0.0254. The van der Waals surface area contributed by atoms with Crippen LogP contribution in [0.1, 0.15) is 15.2 Å². The van der Waals surface area contributed by atoms with Crippen LogP contribution in [0.4, 0.5) is 0 Å². The van der Waals surface area contributed by atoms with E-state index in [1.807, 2.05) is 11.4 Å². The molecule has 0 unspecified atom stereocenters. The third kappa shape index (κ3) is 2.99. The molecule has 2 aromatic heterocycles. The summed E-state index contributed by atoms with van der Waals surface area (Å²) in [5.74, 6) is -0.0254. The molecule has 0 aliphatic carbocycles. The van der Waals surface area contributed by atoms with Crippen molar-refractivity contribution in [2.75, 3.05) is 0 Å². The summed E-state index contributed by atoms with van der Waals surface area (Å²) < 4.78 is 1.12. The first kappa shape index (κ1) is 11.0. The van der Waals surface area contributed by atoms with Crippen LogP contribution in [0, 0.1) is 2.88 Å². The van der Waals surface area contributed by atoms with Crippen molar-refractivity contribution >= 4 is 51.2 Å². The Balaban J connectivity index is 1.93. The second kappa shape index (κ2) is 5.04. The Kier molecular flexibility index (Phi) is 3.71. The highest BCUT2D eigenvalue weighted by atomic mass is 127. The Bertz CT molecular complexity index is 452. The lowest BCUT2D eigenvalue weighted by Crippen LogP contribution is -2.21. The topological polar surface area (TPSA) is 42.0 Å². The fraction of sp³-hybridized carbons (Fsp3) is 0.111. The smallest absolute Gasteiger partial charge is 0.252 e. The molecule has 0 saturated carbocycles. The normalized spacial score (nSPS) is 10.2. The molecule has 1 N–H and O–H groups in total. The highest BCUT2D eigenvalue weighted by Crippen LogP contribution is 2.16. The van der Waals surface area contributed by atoms with Crippen LogP contribution >= 0.6 is 45.3 Å². The Labute approximate surface area is 109 Å². The van der Waals surface area contributed by atoms with Gasteiger partial charge in [-0.05, 0) is 28.7 Å². The van der Waals surface area contributed by atoms with Crippen LogP contribution in [-0.2, 0) is 6.54 Å². The number of hydrogen-bond acceptors (Lipinski definition) is 4. The van der Waals surface area contributed by atoms with E-state index in [-0.39, 0.29) is 5.91 Å². The highest BCUT2D eigenvalue weighted by Gasteiger charge is 2.07. The molecule has 3 nitrogen and oxygen atoms in total. The molecule has 1 amide bonds. The lowest BCUT2D eigenvalue weighted by Gasteiger charge is -2.00. The summed E-state index contributed by atoms with van der Waals surface area (Å²) in [5.41, 5.74) is 2.49. The summed E-state index contributed by atoms with van der Waals surface area (Å²) in [7, 11) is 0. The number of aromatic nitrogens is 1. The van der Waals surface area contributed by atoms with Gasteiger partial charge < -0.3 is 5.32 Å². The van der Waals surface area contributed by atoms with Gasteiger partial charge in [-0.3, -0.25) is 9.78 Å². The number of nitrogens with one attached hydrogen (secondary N) is 1. The van der Waals surface area contributed by atoms with E-state index in [1.165, 1.54) is 0 Å². The average molecular weight is 350 g/mol. The van der Waals surface area contributed by atoms with Gasteiger partial charge in [0.05, 0.1) is 20.5 Å². The summed E-state index contributed by atoms with van der Waals surface area (Å²) in [4.78, 5) is 16.6. The Hall–Kier alpha value is -0.470. The maximum Gasteiger partial charge on any atom is 0.252 e. The van der Waals surface area contributed by atoms with Crippen LogP contribution in [0.5, 0.6) is 0 Å². The number of nitrogens with zero attached hydrogens (tertiary/aromatic N) is 1. The maximum absolute atomic E-state index is 11.6. The zero-order chi connectivity index (χ0) is 10.7. The van der Waals surface area contributed by atoms with Gasteiger partial charge in [0.25, 0.3) is 5.91 Å². The van der Waals surface area contributed by atoms with Crippen molar-refractivity contribution in [2.45, 2.75) is 6.54 Å². The van der Waals surface area contributed by atoms with Gasteiger partial charge in [0.15, 0.2) is 0 Å². The number of amides is 1. The molecule has 0 bridgehead atoms. The van der Waals surface area contributed by atoms with E-state index >= 15 is 0 Å². The van der Waals surface area contributed by atoms with Gasteiger partial charge in [-0.2, -0.15) is 0 Å². The van der Waals surface area contributed by atoms with Crippen molar-refractivity contribution in [1.29, 1.82) is 0 Å². The van der Waals surface area contributed by atoms with Gasteiger partial charge in [0.1, 0.15) is 0 Å². The highest BCUT2D eigenvalue weighted by molar-refractivity contribution is 14.1. The summed E-state index contributed by atoms with van der Waals surface area (Å²) in [6.45, 7) is 0.552. The molecule has 0 fully saturated rings. The molecule has 0 radical (unpaired) electrons. The van der Waals surface area contributed by atoms with Gasteiger partial charge in [-0.15, -0.1) is 22.7 Å². The van der Waals surface area contributed by atoms with Gasteiger partial charge in [-0.25, -0.2) is 0 Å². The first-order valence-electron chi connectivity index (χ1n) is 4.15. The first-order valence-corrected chi connectivity index (χ1v) is 6.99. The number of thiazole rings is 1. The lowest BCUT2D eigenvalue weighted by atomic mass is 10.3. The first-order chi connectivity index (χ1) is 7.25. The fourth-order valence-corrected chi connectivity index (χ4v) is 2.89. The molecule has 0 aromatic carbocycles. The largest absolute Gasteiger partial charge is 0.347 e. The molecule has 0 aliphatic heterocycles. The van der Waals surface area contributed by atoms with Gasteiger partial charge >= 0.3 is 0 Å². The van der Waals surface area contributed by atoms with Crippen LogP contribution in [0.15, 0.2) is 23.2 Å². The molecule has 2 heterocycles. The molecule has 0 aliphatic rings. The molecule has 6 heteroatoms. The van der Waals surface area contributed by atoms with Crippen molar-refractivity contribution < 1.29 is 4.79 Å². The molecule has 15 heavy (non-hydrogen) atoms. The standard InChI is InChI=1S/C9H7IN2OS2/c10-8-1-6(4-14-8)9(13)12-3-7-2-11-5-15-7/h1-2,4-5H,3H2,(H,12,13). The third-order valence-electron chi connectivity index (χ3n) is 1.74. The molecule has 2 aromatic rings. The van der Waals surface area contributed by atoms with Crippen LogP contribution in [0.25, 0.3) is 0 Å². The van der Waals surface area contributed by atoms with E-state index < -0.39 is 0 Å². The van der Waals surface area contributed by atoms with Crippen molar-refractivity contribution in [3.63, 3.8) is 0 Å². The fourth-order valence-electron chi connectivity index (χ4n) is 1.03.